The van der Waals surface area contributed by atoms with Gasteiger partial charge >= 0.3 is 0 Å². The molecule has 1 aliphatic rings. The van der Waals surface area contributed by atoms with Crippen molar-refractivity contribution in [2.75, 3.05) is 6.61 Å². The van der Waals surface area contributed by atoms with Gasteiger partial charge in [-0.2, -0.15) is 0 Å². The second-order valence-corrected chi connectivity index (χ2v) is 4.12. The number of aliphatic hydroxyl groups is 3. The van der Waals surface area contributed by atoms with Crippen molar-refractivity contribution in [2.24, 2.45) is 0 Å². The standard InChI is InChI=1S/C11H13NO7/c13-8-5-18-11(10(15)9(8)14)19-7-3-1-6(2-4-7)12(16)17/h1-4,8-11,13-15H,5H2/t8-,9+,10?,11+/m1/s1. The molecule has 1 fully saturated rings. The molecule has 2 rings (SSSR count). The van der Waals surface area contributed by atoms with Crippen molar-refractivity contribution in [3.8, 4) is 5.75 Å². The van der Waals surface area contributed by atoms with E-state index in [9.17, 15) is 25.4 Å². The van der Waals surface area contributed by atoms with E-state index in [0.717, 1.165) is 0 Å². The molecule has 1 aromatic rings. The lowest BCUT2D eigenvalue weighted by molar-refractivity contribution is -0.384. The molecule has 8 nitrogen and oxygen atoms in total. The minimum atomic E-state index is -1.40. The molecule has 0 radical (unpaired) electrons. The molecular weight excluding hydrogens is 258 g/mol. The molecule has 0 aromatic heterocycles. The van der Waals surface area contributed by atoms with Crippen LogP contribution in [0.15, 0.2) is 24.3 Å². The molecule has 4 atom stereocenters. The van der Waals surface area contributed by atoms with Gasteiger partial charge in [0.05, 0.1) is 11.5 Å². The van der Waals surface area contributed by atoms with E-state index in [1.54, 1.807) is 0 Å². The molecule has 0 saturated carbocycles. The summed E-state index contributed by atoms with van der Waals surface area (Å²) in [5, 5.41) is 38.8. The number of ether oxygens (including phenoxy) is 2. The summed E-state index contributed by atoms with van der Waals surface area (Å²) < 4.78 is 10.3. The van der Waals surface area contributed by atoms with E-state index in [2.05, 4.69) is 0 Å². The number of hydrogen-bond donors (Lipinski definition) is 3. The Morgan fingerprint density at radius 2 is 1.84 bits per heavy atom. The van der Waals surface area contributed by atoms with Crippen LogP contribution in [0, 0.1) is 10.1 Å². The summed E-state index contributed by atoms with van der Waals surface area (Å²) in [5.41, 5.74) is -0.0899. The van der Waals surface area contributed by atoms with E-state index < -0.39 is 29.5 Å². The van der Waals surface area contributed by atoms with Crippen LogP contribution in [0.2, 0.25) is 0 Å². The van der Waals surface area contributed by atoms with Crippen LogP contribution in [-0.4, -0.2) is 51.5 Å². The van der Waals surface area contributed by atoms with Gasteiger partial charge in [-0.3, -0.25) is 10.1 Å². The summed E-state index contributed by atoms with van der Waals surface area (Å²) in [7, 11) is 0. The Labute approximate surface area is 108 Å². The maximum atomic E-state index is 10.5. The zero-order valence-corrected chi connectivity index (χ0v) is 9.75. The van der Waals surface area contributed by atoms with Gasteiger partial charge in [-0.05, 0) is 12.1 Å². The molecule has 1 aliphatic heterocycles. The number of benzene rings is 1. The van der Waals surface area contributed by atoms with Crippen molar-refractivity contribution < 1.29 is 29.7 Å². The highest BCUT2D eigenvalue weighted by atomic mass is 16.7. The summed E-state index contributed by atoms with van der Waals surface area (Å²) in [6, 6.07) is 5.20. The summed E-state index contributed by atoms with van der Waals surface area (Å²) in [5.74, 6) is 0.248. The third kappa shape index (κ3) is 2.99. The van der Waals surface area contributed by atoms with Gasteiger partial charge < -0.3 is 24.8 Å². The van der Waals surface area contributed by atoms with Crippen molar-refractivity contribution in [1.29, 1.82) is 0 Å². The van der Waals surface area contributed by atoms with Gasteiger partial charge in [0.15, 0.2) is 0 Å². The molecule has 0 aliphatic carbocycles. The number of hydrogen-bond acceptors (Lipinski definition) is 7. The first-order valence-corrected chi connectivity index (χ1v) is 5.56. The van der Waals surface area contributed by atoms with Crippen molar-refractivity contribution >= 4 is 5.69 Å². The van der Waals surface area contributed by atoms with Crippen molar-refractivity contribution in [3.05, 3.63) is 34.4 Å². The van der Waals surface area contributed by atoms with E-state index in [4.69, 9.17) is 9.47 Å². The van der Waals surface area contributed by atoms with Gasteiger partial charge in [-0.25, -0.2) is 0 Å². The fraction of sp³-hybridized carbons (Fsp3) is 0.455. The van der Waals surface area contributed by atoms with Gasteiger partial charge in [-0.1, -0.05) is 0 Å². The zero-order chi connectivity index (χ0) is 14.0. The Kier molecular flexibility index (Phi) is 3.96. The minimum Gasteiger partial charge on any atom is -0.462 e. The first kappa shape index (κ1) is 13.7. The number of nitro benzene ring substituents is 1. The molecule has 1 saturated heterocycles. The van der Waals surface area contributed by atoms with Gasteiger partial charge in [0.2, 0.25) is 6.29 Å². The van der Waals surface area contributed by atoms with Gasteiger partial charge in [-0.15, -0.1) is 0 Å². The second-order valence-electron chi connectivity index (χ2n) is 4.12. The van der Waals surface area contributed by atoms with Gasteiger partial charge in [0, 0.05) is 12.1 Å². The molecule has 0 bridgehead atoms. The average Bonchev–Trinajstić information content (AvgIpc) is 2.40. The molecule has 1 unspecified atom stereocenters. The lowest BCUT2D eigenvalue weighted by atomic mass is 10.1. The fourth-order valence-electron chi connectivity index (χ4n) is 1.66. The van der Waals surface area contributed by atoms with E-state index in [-0.39, 0.29) is 18.0 Å². The molecule has 0 spiro atoms. The van der Waals surface area contributed by atoms with Crippen LogP contribution in [0.25, 0.3) is 0 Å². The van der Waals surface area contributed by atoms with Crippen LogP contribution < -0.4 is 4.74 Å². The van der Waals surface area contributed by atoms with Gasteiger partial charge in [0.1, 0.15) is 24.1 Å². The maximum Gasteiger partial charge on any atom is 0.269 e. The van der Waals surface area contributed by atoms with E-state index >= 15 is 0 Å². The van der Waals surface area contributed by atoms with Crippen LogP contribution in [0.5, 0.6) is 5.75 Å². The first-order chi connectivity index (χ1) is 8.99. The van der Waals surface area contributed by atoms with Crippen molar-refractivity contribution in [3.63, 3.8) is 0 Å². The topological polar surface area (TPSA) is 122 Å². The number of rotatable bonds is 3. The fourth-order valence-corrected chi connectivity index (χ4v) is 1.66. The molecule has 104 valence electrons. The molecule has 19 heavy (non-hydrogen) atoms. The Morgan fingerprint density at radius 1 is 1.21 bits per heavy atom. The van der Waals surface area contributed by atoms with Crippen molar-refractivity contribution in [2.45, 2.75) is 24.6 Å². The summed E-state index contributed by atoms with van der Waals surface area (Å²) in [6.07, 6.45) is -5.08. The lowest BCUT2D eigenvalue weighted by Crippen LogP contribution is -2.54. The third-order valence-corrected chi connectivity index (χ3v) is 2.75. The van der Waals surface area contributed by atoms with Crippen LogP contribution in [0.4, 0.5) is 5.69 Å². The predicted molar refractivity (Wildman–Crippen MR) is 61.5 cm³/mol. The highest BCUT2D eigenvalue weighted by Gasteiger charge is 2.38. The minimum absolute atomic E-state index is 0.0899. The van der Waals surface area contributed by atoms with Gasteiger partial charge in [0.25, 0.3) is 5.69 Å². The molecule has 1 heterocycles. The number of non-ortho nitro benzene ring substituents is 1. The Morgan fingerprint density at radius 3 is 2.42 bits per heavy atom. The molecule has 8 heteroatoms. The average molecular weight is 271 g/mol. The predicted octanol–water partition coefficient (Wildman–Crippen LogP) is -0.587. The van der Waals surface area contributed by atoms with E-state index in [0.29, 0.717) is 0 Å². The first-order valence-electron chi connectivity index (χ1n) is 5.56. The highest BCUT2D eigenvalue weighted by Crippen LogP contribution is 2.22. The lowest BCUT2D eigenvalue weighted by Gasteiger charge is -2.34. The second kappa shape index (κ2) is 5.49. The Bertz CT molecular complexity index is 449. The normalized spacial score (nSPS) is 30.9. The summed E-state index contributed by atoms with van der Waals surface area (Å²) in [6.45, 7) is -0.171. The van der Waals surface area contributed by atoms with E-state index in [1.807, 2.05) is 0 Å². The number of nitro groups is 1. The zero-order valence-electron chi connectivity index (χ0n) is 9.75. The molecule has 3 N–H and O–H groups in total. The summed E-state index contributed by atoms with van der Waals surface area (Å²) >= 11 is 0. The van der Waals surface area contributed by atoms with Crippen molar-refractivity contribution in [1.82, 2.24) is 0 Å². The molecular formula is C11H13NO7. The number of nitrogens with zero attached hydrogens (tertiary/aromatic N) is 1. The Hall–Kier alpha value is -1.74. The quantitative estimate of drug-likeness (QED) is 0.496. The third-order valence-electron chi connectivity index (χ3n) is 2.75. The SMILES string of the molecule is O=[N+]([O-])c1ccc(O[C@@H]2OC[C@@H](O)[C@H](O)C2O)cc1. The number of aliphatic hydroxyl groups excluding tert-OH is 3. The van der Waals surface area contributed by atoms with Crippen LogP contribution in [0.1, 0.15) is 0 Å². The summed E-state index contributed by atoms with van der Waals surface area (Å²) in [4.78, 5) is 9.93. The van der Waals surface area contributed by atoms with Crippen LogP contribution in [-0.2, 0) is 4.74 Å². The molecule has 0 amide bonds. The largest absolute Gasteiger partial charge is 0.462 e. The van der Waals surface area contributed by atoms with E-state index in [1.165, 1.54) is 24.3 Å². The Balaban J connectivity index is 2.03. The maximum absolute atomic E-state index is 10.5. The van der Waals surface area contributed by atoms with Crippen LogP contribution >= 0.6 is 0 Å². The monoisotopic (exact) mass is 271 g/mol. The molecule has 1 aromatic carbocycles. The highest BCUT2D eigenvalue weighted by molar-refractivity contribution is 5.36. The smallest absolute Gasteiger partial charge is 0.269 e. The van der Waals surface area contributed by atoms with Crippen LogP contribution in [0.3, 0.4) is 0 Å².